The lowest BCUT2D eigenvalue weighted by Crippen LogP contribution is -2.04. The predicted octanol–water partition coefficient (Wildman–Crippen LogP) is 13.4. The summed E-state index contributed by atoms with van der Waals surface area (Å²) in [7, 11) is 0. The van der Waals surface area contributed by atoms with E-state index in [1.165, 1.54) is 70.9 Å². The van der Waals surface area contributed by atoms with E-state index in [4.69, 9.17) is 9.97 Å². The van der Waals surface area contributed by atoms with E-state index >= 15 is 0 Å². The Morgan fingerprint density at radius 2 is 1.00 bits per heavy atom. The normalized spacial score (nSPS) is 12.3. The first kappa shape index (κ1) is 29.8. The third-order valence-electron chi connectivity index (χ3n) is 12.0. The zero-order chi connectivity index (χ0) is 36.5. The van der Waals surface area contributed by atoms with Crippen molar-refractivity contribution >= 4 is 76.2 Å². The zero-order valence-corrected chi connectivity index (χ0v) is 30.1. The number of benzene rings is 9. The van der Waals surface area contributed by atoms with Gasteiger partial charge in [-0.1, -0.05) is 127 Å². The molecule has 12 aromatic rings. The number of rotatable bonds is 3. The minimum Gasteiger partial charge on any atom is -0.309 e. The lowest BCUT2D eigenvalue weighted by molar-refractivity contribution is 1.08. The van der Waals surface area contributed by atoms with Crippen LogP contribution >= 0.6 is 0 Å². The van der Waals surface area contributed by atoms with Crippen molar-refractivity contribution in [3.05, 3.63) is 182 Å². The van der Waals surface area contributed by atoms with Crippen molar-refractivity contribution in [3.8, 4) is 45.0 Å². The van der Waals surface area contributed by atoms with E-state index in [2.05, 4.69) is 185 Å². The first-order chi connectivity index (χ1) is 27.8. The predicted molar refractivity (Wildman–Crippen MR) is 233 cm³/mol. The van der Waals surface area contributed by atoms with E-state index in [9.17, 15) is 0 Å². The molecule has 9 aromatic carbocycles. The Bertz CT molecular complexity index is 3650. The topological polar surface area (TPSA) is 35.6 Å². The average Bonchev–Trinajstić information content (AvgIpc) is 3.89. The molecule has 0 bridgehead atoms. The smallest absolute Gasteiger partial charge is 0.165 e. The molecule has 0 unspecified atom stereocenters. The maximum absolute atomic E-state index is 5.58. The van der Waals surface area contributed by atoms with Gasteiger partial charge >= 0.3 is 0 Å². The van der Waals surface area contributed by atoms with Gasteiger partial charge in [-0.15, -0.1) is 0 Å². The van der Waals surface area contributed by atoms with Gasteiger partial charge in [0.15, 0.2) is 5.82 Å². The van der Waals surface area contributed by atoms with Gasteiger partial charge in [0.25, 0.3) is 0 Å². The van der Waals surface area contributed by atoms with E-state index in [1.807, 2.05) is 6.07 Å². The summed E-state index contributed by atoms with van der Waals surface area (Å²) in [5, 5.41) is 9.75. The lowest BCUT2D eigenvalue weighted by atomic mass is 9.98. The fraction of sp³-hybridized carbons (Fsp3) is 0. The quantitative estimate of drug-likeness (QED) is 0.183. The summed E-state index contributed by atoms with van der Waals surface area (Å²) in [4.78, 5) is 11.1. The van der Waals surface area contributed by atoms with Crippen LogP contribution in [0.1, 0.15) is 0 Å². The number of para-hydroxylation sites is 4. The highest BCUT2D eigenvalue weighted by atomic mass is 15.1. The van der Waals surface area contributed by atoms with Gasteiger partial charge in [-0.2, -0.15) is 0 Å². The highest BCUT2D eigenvalue weighted by Gasteiger charge is 2.27. The molecule has 3 heterocycles. The fourth-order valence-electron chi connectivity index (χ4n) is 9.59. The second-order valence-corrected chi connectivity index (χ2v) is 15.0. The summed E-state index contributed by atoms with van der Waals surface area (Å²) >= 11 is 0. The van der Waals surface area contributed by atoms with Gasteiger partial charge in [-0.3, -0.25) is 4.57 Å². The fourth-order valence-corrected chi connectivity index (χ4v) is 9.59. The summed E-state index contributed by atoms with van der Waals surface area (Å²) < 4.78 is 4.79. The highest BCUT2D eigenvalue weighted by Crippen LogP contribution is 2.51. The molecule has 0 fully saturated rings. The van der Waals surface area contributed by atoms with Crippen LogP contribution in [0.3, 0.4) is 0 Å². The van der Waals surface area contributed by atoms with Crippen LogP contribution in [0.25, 0.3) is 121 Å². The van der Waals surface area contributed by atoms with Crippen molar-refractivity contribution in [2.75, 3.05) is 0 Å². The second kappa shape index (κ2) is 11.0. The molecule has 1 aliphatic rings. The van der Waals surface area contributed by atoms with Crippen LogP contribution in [-0.2, 0) is 0 Å². The molecule has 0 amide bonds. The molecule has 4 heteroatoms. The van der Waals surface area contributed by atoms with Gasteiger partial charge in [0, 0.05) is 38.2 Å². The van der Waals surface area contributed by atoms with Crippen molar-refractivity contribution < 1.29 is 0 Å². The SMILES string of the molecule is c1ccc(-n2c3ccccc3c3ccc(-c4nc5ccccc5nc4-n4c5cc6ccccc6cc5c5cc6c7c(cccc7c54)-c4ccccc4-6)cc32)cc1. The van der Waals surface area contributed by atoms with Crippen molar-refractivity contribution in [1.29, 1.82) is 0 Å². The Labute approximate surface area is 321 Å². The maximum Gasteiger partial charge on any atom is 0.165 e. The number of nitrogens with zero attached hydrogens (tertiary/aromatic N) is 4. The summed E-state index contributed by atoms with van der Waals surface area (Å²) in [6.07, 6.45) is 0. The van der Waals surface area contributed by atoms with Gasteiger partial charge in [0.2, 0.25) is 0 Å². The molecule has 258 valence electrons. The Morgan fingerprint density at radius 3 is 1.86 bits per heavy atom. The van der Waals surface area contributed by atoms with Crippen molar-refractivity contribution in [1.82, 2.24) is 19.1 Å². The second-order valence-electron chi connectivity index (χ2n) is 15.0. The Balaban J connectivity index is 1.19. The molecule has 0 saturated heterocycles. The lowest BCUT2D eigenvalue weighted by Gasteiger charge is -2.16. The van der Waals surface area contributed by atoms with E-state index in [-0.39, 0.29) is 0 Å². The summed E-state index contributed by atoms with van der Waals surface area (Å²) in [5.74, 6) is 0.817. The van der Waals surface area contributed by atoms with Crippen molar-refractivity contribution in [2.45, 2.75) is 0 Å². The van der Waals surface area contributed by atoms with Crippen LogP contribution in [0, 0.1) is 0 Å². The summed E-state index contributed by atoms with van der Waals surface area (Å²) in [5.41, 5.74) is 14.4. The Morgan fingerprint density at radius 1 is 0.357 bits per heavy atom. The number of aromatic nitrogens is 4. The molecular formula is C52H30N4. The minimum atomic E-state index is 0.817. The van der Waals surface area contributed by atoms with E-state index < -0.39 is 0 Å². The van der Waals surface area contributed by atoms with Gasteiger partial charge in [-0.25, -0.2) is 9.97 Å². The monoisotopic (exact) mass is 710 g/mol. The van der Waals surface area contributed by atoms with Crippen LogP contribution in [0.2, 0.25) is 0 Å². The molecule has 4 nitrogen and oxygen atoms in total. The molecule has 0 spiro atoms. The Hall–Kier alpha value is -7.56. The summed E-state index contributed by atoms with van der Waals surface area (Å²) in [6.45, 7) is 0. The summed E-state index contributed by atoms with van der Waals surface area (Å²) in [6, 6.07) is 65.8. The van der Waals surface area contributed by atoms with E-state index in [0.29, 0.717) is 0 Å². The van der Waals surface area contributed by atoms with Crippen molar-refractivity contribution in [2.24, 2.45) is 0 Å². The number of hydrogen-bond donors (Lipinski definition) is 0. The molecular weight excluding hydrogens is 681 g/mol. The zero-order valence-electron chi connectivity index (χ0n) is 30.1. The van der Waals surface area contributed by atoms with Crippen molar-refractivity contribution in [3.63, 3.8) is 0 Å². The molecule has 0 saturated carbocycles. The van der Waals surface area contributed by atoms with Crippen LogP contribution in [0.15, 0.2) is 182 Å². The van der Waals surface area contributed by atoms with Crippen LogP contribution < -0.4 is 0 Å². The minimum absolute atomic E-state index is 0.817. The van der Waals surface area contributed by atoms with E-state index in [1.54, 1.807) is 0 Å². The molecule has 3 aromatic heterocycles. The Kier molecular flexibility index (Phi) is 5.86. The average molecular weight is 711 g/mol. The molecule has 0 atom stereocenters. The molecule has 0 aliphatic heterocycles. The largest absolute Gasteiger partial charge is 0.309 e. The first-order valence-electron chi connectivity index (χ1n) is 19.2. The van der Waals surface area contributed by atoms with Crippen LogP contribution in [0.5, 0.6) is 0 Å². The van der Waals surface area contributed by atoms with Gasteiger partial charge in [-0.05, 0) is 93.0 Å². The maximum atomic E-state index is 5.58. The third kappa shape index (κ3) is 3.97. The molecule has 1 aliphatic carbocycles. The van der Waals surface area contributed by atoms with Gasteiger partial charge in [0.1, 0.15) is 5.69 Å². The van der Waals surface area contributed by atoms with Gasteiger partial charge in [0.05, 0.1) is 33.1 Å². The molecule has 56 heavy (non-hydrogen) atoms. The molecule has 0 radical (unpaired) electrons. The molecule has 13 rings (SSSR count). The number of hydrogen-bond acceptors (Lipinski definition) is 2. The third-order valence-corrected chi connectivity index (χ3v) is 12.0. The highest BCUT2D eigenvalue weighted by molar-refractivity contribution is 6.28. The van der Waals surface area contributed by atoms with Crippen LogP contribution in [0.4, 0.5) is 0 Å². The van der Waals surface area contributed by atoms with Gasteiger partial charge < -0.3 is 4.57 Å². The molecule has 0 N–H and O–H groups in total. The van der Waals surface area contributed by atoms with Crippen LogP contribution in [-0.4, -0.2) is 19.1 Å². The number of fused-ring (bicyclic) bond motifs is 12. The standard InChI is InChI=1S/C52H30N4/c1-2-15-34(16-3-1)55-46-24-11-8-19-37(46)38-26-25-33(29-47(38)55)50-52(54-45-23-10-9-22-44(45)53-50)56-48-28-32-14-5-4-13-31(32)27-41(48)43-30-42-36-18-7-6-17-35(36)39-20-12-21-40(49(39)42)51(43)56/h1-30H. The van der Waals surface area contributed by atoms with E-state index in [0.717, 1.165) is 50.3 Å². The first-order valence-corrected chi connectivity index (χ1v) is 19.2.